The van der Waals surface area contributed by atoms with Gasteiger partial charge in [-0.1, -0.05) is 36.4 Å². The van der Waals surface area contributed by atoms with E-state index in [1.165, 1.54) is 6.07 Å². The van der Waals surface area contributed by atoms with E-state index in [-0.39, 0.29) is 25.2 Å². The minimum atomic E-state index is -0.940. The van der Waals surface area contributed by atoms with Crippen LogP contribution < -0.4 is 10.1 Å². The van der Waals surface area contributed by atoms with E-state index < -0.39 is 18.1 Å². The van der Waals surface area contributed by atoms with Crippen LogP contribution in [0.4, 0.5) is 4.79 Å². The lowest BCUT2D eigenvalue weighted by atomic mass is 10.0. The van der Waals surface area contributed by atoms with Crippen molar-refractivity contribution in [3.05, 3.63) is 59.7 Å². The van der Waals surface area contributed by atoms with Crippen LogP contribution in [-0.2, 0) is 22.6 Å². The number of carboxylic acid groups (broad SMARTS) is 1. The van der Waals surface area contributed by atoms with Crippen molar-refractivity contribution in [3.8, 4) is 11.5 Å². The first-order valence-corrected chi connectivity index (χ1v) is 9.11. The molecule has 0 aliphatic heterocycles. The van der Waals surface area contributed by atoms with Crippen LogP contribution >= 0.6 is 0 Å². The molecule has 0 spiro atoms. The van der Waals surface area contributed by atoms with Crippen LogP contribution in [0, 0.1) is 0 Å². The average molecular weight is 387 g/mol. The molecule has 2 aromatic rings. The molecule has 0 aliphatic rings. The highest BCUT2D eigenvalue weighted by molar-refractivity contribution is 5.68. The maximum absolute atomic E-state index is 12.1. The van der Waals surface area contributed by atoms with Gasteiger partial charge in [0.25, 0.3) is 0 Å². The first kappa shape index (κ1) is 21.1. The Morgan fingerprint density at radius 1 is 1.11 bits per heavy atom. The van der Waals surface area contributed by atoms with Gasteiger partial charge in [0.15, 0.2) is 11.5 Å². The Balaban J connectivity index is 1.99. The topological polar surface area (TPSA) is 105 Å². The molecule has 28 heavy (non-hydrogen) atoms. The lowest BCUT2D eigenvalue weighted by Crippen LogP contribution is -2.37. The molecule has 150 valence electrons. The number of carbonyl (C=O) groups is 2. The molecule has 0 aromatic heterocycles. The van der Waals surface area contributed by atoms with E-state index in [0.29, 0.717) is 18.8 Å². The number of rotatable bonds is 10. The van der Waals surface area contributed by atoms with Gasteiger partial charge in [-0.3, -0.25) is 4.79 Å². The van der Waals surface area contributed by atoms with E-state index in [2.05, 4.69) is 5.32 Å². The second kappa shape index (κ2) is 10.8. The van der Waals surface area contributed by atoms with E-state index in [1.54, 1.807) is 12.1 Å². The van der Waals surface area contributed by atoms with Gasteiger partial charge >= 0.3 is 12.1 Å². The van der Waals surface area contributed by atoms with Gasteiger partial charge in [-0.15, -0.1) is 0 Å². The Bertz CT molecular complexity index is 778. The summed E-state index contributed by atoms with van der Waals surface area (Å²) in [4.78, 5) is 23.1. The SMILES string of the molecule is CCOc1cc(CC(CCC(=O)O)NC(=O)OCc2ccccc2)ccc1O. The molecule has 1 amide bonds. The Hall–Kier alpha value is -3.22. The third kappa shape index (κ3) is 7.19. The molecule has 7 heteroatoms. The van der Waals surface area contributed by atoms with E-state index >= 15 is 0 Å². The number of carboxylic acids is 1. The molecular formula is C21H25NO6. The zero-order valence-electron chi connectivity index (χ0n) is 15.8. The lowest BCUT2D eigenvalue weighted by Gasteiger charge is -2.19. The van der Waals surface area contributed by atoms with Gasteiger partial charge < -0.3 is 25.0 Å². The largest absolute Gasteiger partial charge is 0.504 e. The second-order valence-corrected chi connectivity index (χ2v) is 6.27. The fourth-order valence-corrected chi connectivity index (χ4v) is 2.70. The average Bonchev–Trinajstić information content (AvgIpc) is 2.68. The van der Waals surface area contributed by atoms with Crippen molar-refractivity contribution in [1.29, 1.82) is 0 Å². The van der Waals surface area contributed by atoms with Crippen LogP contribution in [0.5, 0.6) is 11.5 Å². The van der Waals surface area contributed by atoms with Crippen molar-refractivity contribution >= 4 is 12.1 Å². The Labute approximate surface area is 163 Å². The summed E-state index contributed by atoms with van der Waals surface area (Å²) >= 11 is 0. The van der Waals surface area contributed by atoms with Gasteiger partial charge in [0.2, 0.25) is 0 Å². The van der Waals surface area contributed by atoms with Crippen LogP contribution in [-0.4, -0.2) is 34.9 Å². The molecule has 2 rings (SSSR count). The van der Waals surface area contributed by atoms with E-state index in [4.69, 9.17) is 14.6 Å². The smallest absolute Gasteiger partial charge is 0.407 e. The molecule has 1 atom stereocenters. The lowest BCUT2D eigenvalue weighted by molar-refractivity contribution is -0.137. The van der Waals surface area contributed by atoms with Crippen molar-refractivity contribution < 1.29 is 29.3 Å². The minimum Gasteiger partial charge on any atom is -0.504 e. The number of phenols is 1. The number of hydrogen-bond donors (Lipinski definition) is 3. The van der Waals surface area contributed by atoms with Crippen LogP contribution in [0.2, 0.25) is 0 Å². The summed E-state index contributed by atoms with van der Waals surface area (Å²) in [6, 6.07) is 13.8. The Morgan fingerprint density at radius 2 is 1.86 bits per heavy atom. The number of amides is 1. The summed E-state index contributed by atoms with van der Waals surface area (Å²) in [6.45, 7) is 2.35. The minimum absolute atomic E-state index is 0.0305. The van der Waals surface area contributed by atoms with Crippen LogP contribution in [0.1, 0.15) is 30.9 Å². The second-order valence-electron chi connectivity index (χ2n) is 6.27. The summed E-state index contributed by atoms with van der Waals surface area (Å²) in [5.74, 6) is -0.559. The van der Waals surface area contributed by atoms with Crippen molar-refractivity contribution in [1.82, 2.24) is 5.32 Å². The predicted molar refractivity (Wildman–Crippen MR) is 103 cm³/mol. The van der Waals surface area contributed by atoms with Crippen molar-refractivity contribution in [3.63, 3.8) is 0 Å². The first-order valence-electron chi connectivity index (χ1n) is 9.11. The molecule has 0 saturated heterocycles. The standard InChI is InChI=1S/C21H25NO6/c1-2-27-19-13-16(8-10-18(19)23)12-17(9-11-20(24)25)22-21(26)28-14-15-6-4-3-5-7-15/h3-8,10,13,17,23H,2,9,11-12,14H2,1H3,(H,22,26)(H,24,25). The number of alkyl carbamates (subject to hydrolysis) is 1. The third-order valence-electron chi connectivity index (χ3n) is 4.05. The molecule has 1 unspecified atom stereocenters. The summed E-state index contributed by atoms with van der Waals surface area (Å²) in [5, 5.41) is 21.5. The van der Waals surface area contributed by atoms with Gasteiger partial charge in [-0.25, -0.2) is 4.79 Å². The number of ether oxygens (including phenoxy) is 2. The fourth-order valence-electron chi connectivity index (χ4n) is 2.70. The molecule has 0 bridgehead atoms. The van der Waals surface area contributed by atoms with Crippen LogP contribution in [0.15, 0.2) is 48.5 Å². The zero-order chi connectivity index (χ0) is 20.4. The summed E-state index contributed by atoms with van der Waals surface area (Å²) < 4.78 is 10.6. The van der Waals surface area contributed by atoms with Gasteiger partial charge in [0.05, 0.1) is 6.61 Å². The molecule has 0 aliphatic carbocycles. The van der Waals surface area contributed by atoms with Crippen LogP contribution in [0.25, 0.3) is 0 Å². The zero-order valence-corrected chi connectivity index (χ0v) is 15.8. The van der Waals surface area contributed by atoms with Gasteiger partial charge in [0.1, 0.15) is 6.61 Å². The van der Waals surface area contributed by atoms with Gasteiger partial charge in [-0.2, -0.15) is 0 Å². The number of aromatic hydroxyl groups is 1. The highest BCUT2D eigenvalue weighted by atomic mass is 16.5. The van der Waals surface area contributed by atoms with E-state index in [1.807, 2.05) is 37.3 Å². The molecule has 2 aromatic carbocycles. The maximum Gasteiger partial charge on any atom is 0.407 e. The Morgan fingerprint density at radius 3 is 2.54 bits per heavy atom. The number of aliphatic carboxylic acids is 1. The summed E-state index contributed by atoms with van der Waals surface area (Å²) in [5.41, 5.74) is 1.67. The van der Waals surface area contributed by atoms with Crippen molar-refractivity contribution in [2.24, 2.45) is 0 Å². The maximum atomic E-state index is 12.1. The molecule has 0 radical (unpaired) electrons. The molecule has 3 N–H and O–H groups in total. The number of phenolic OH excluding ortho intramolecular Hbond substituents is 1. The predicted octanol–water partition coefficient (Wildman–Crippen LogP) is 3.49. The van der Waals surface area contributed by atoms with Gasteiger partial charge in [0, 0.05) is 12.5 Å². The number of benzene rings is 2. The molecule has 0 heterocycles. The fraction of sp³-hybridized carbons (Fsp3) is 0.333. The van der Waals surface area contributed by atoms with E-state index in [9.17, 15) is 14.7 Å². The number of nitrogens with one attached hydrogen (secondary N) is 1. The van der Waals surface area contributed by atoms with E-state index in [0.717, 1.165) is 11.1 Å². The third-order valence-corrected chi connectivity index (χ3v) is 4.05. The molecule has 0 saturated carbocycles. The highest BCUT2D eigenvalue weighted by Crippen LogP contribution is 2.27. The van der Waals surface area contributed by atoms with Gasteiger partial charge in [-0.05, 0) is 43.0 Å². The molecule has 0 fully saturated rings. The normalized spacial score (nSPS) is 11.5. The first-order chi connectivity index (χ1) is 13.5. The quantitative estimate of drug-likeness (QED) is 0.576. The number of hydrogen-bond acceptors (Lipinski definition) is 5. The summed E-state index contributed by atoms with van der Waals surface area (Å²) in [7, 11) is 0. The summed E-state index contributed by atoms with van der Waals surface area (Å²) in [6.07, 6.45) is -0.0580. The molecule has 7 nitrogen and oxygen atoms in total. The van der Waals surface area contributed by atoms with Crippen molar-refractivity contribution in [2.75, 3.05) is 6.61 Å². The van der Waals surface area contributed by atoms with Crippen LogP contribution in [0.3, 0.4) is 0 Å². The van der Waals surface area contributed by atoms with Crippen molar-refractivity contribution in [2.45, 2.75) is 38.8 Å². The number of carbonyl (C=O) groups excluding carboxylic acids is 1. The Kier molecular flexibility index (Phi) is 8.14. The molecular weight excluding hydrogens is 362 g/mol. The highest BCUT2D eigenvalue weighted by Gasteiger charge is 2.17. The monoisotopic (exact) mass is 387 g/mol.